The minimum atomic E-state index is -0.0357. The van der Waals surface area contributed by atoms with Gasteiger partial charge in [-0.1, -0.05) is 30.3 Å². The van der Waals surface area contributed by atoms with Crippen LogP contribution in [0.15, 0.2) is 40.8 Å². The van der Waals surface area contributed by atoms with Crippen LogP contribution >= 0.6 is 0 Å². The Hall–Kier alpha value is -2.89. The number of carbonyl (C=O) groups excluding carboxylic acids is 1. The SMILES string of the molecule is O=C(c1cc(C2CC2)[nH]n1)N1CCc2oc(Cc3ccccc3)nc2C1. The van der Waals surface area contributed by atoms with E-state index >= 15 is 0 Å². The molecule has 0 spiro atoms. The zero-order valence-electron chi connectivity index (χ0n) is 14.4. The van der Waals surface area contributed by atoms with E-state index in [1.807, 2.05) is 29.2 Å². The Morgan fingerprint density at radius 1 is 1.27 bits per heavy atom. The van der Waals surface area contributed by atoms with Crippen LogP contribution in [0.3, 0.4) is 0 Å². The van der Waals surface area contributed by atoms with E-state index in [-0.39, 0.29) is 5.91 Å². The molecule has 1 fully saturated rings. The first-order valence-electron chi connectivity index (χ1n) is 9.12. The van der Waals surface area contributed by atoms with Crippen LogP contribution in [0.4, 0.5) is 0 Å². The summed E-state index contributed by atoms with van der Waals surface area (Å²) in [5.74, 6) is 2.14. The fourth-order valence-corrected chi connectivity index (χ4v) is 3.48. The van der Waals surface area contributed by atoms with Crippen LogP contribution < -0.4 is 0 Å². The molecule has 0 radical (unpaired) electrons. The van der Waals surface area contributed by atoms with E-state index in [1.165, 1.54) is 18.4 Å². The van der Waals surface area contributed by atoms with Crippen molar-refractivity contribution in [2.75, 3.05) is 6.54 Å². The van der Waals surface area contributed by atoms with Gasteiger partial charge in [-0.3, -0.25) is 9.89 Å². The van der Waals surface area contributed by atoms with Gasteiger partial charge in [0, 0.05) is 31.0 Å². The molecule has 1 aliphatic carbocycles. The molecule has 0 bridgehead atoms. The molecule has 6 nitrogen and oxygen atoms in total. The maximum absolute atomic E-state index is 12.7. The summed E-state index contributed by atoms with van der Waals surface area (Å²) in [4.78, 5) is 19.2. The lowest BCUT2D eigenvalue weighted by Crippen LogP contribution is -2.36. The number of nitrogens with one attached hydrogen (secondary N) is 1. The van der Waals surface area contributed by atoms with Gasteiger partial charge in [0.25, 0.3) is 5.91 Å². The number of H-pyrrole nitrogens is 1. The van der Waals surface area contributed by atoms with Gasteiger partial charge in [-0.2, -0.15) is 5.10 Å². The monoisotopic (exact) mass is 348 g/mol. The minimum absolute atomic E-state index is 0.0357. The van der Waals surface area contributed by atoms with E-state index in [4.69, 9.17) is 4.42 Å². The standard InChI is InChI=1S/C20H20N4O2/c25-20(16-11-15(22-23-16)14-6-7-14)24-9-8-18-17(12-24)21-19(26-18)10-13-4-2-1-3-5-13/h1-5,11,14H,6-10,12H2,(H,22,23). The van der Waals surface area contributed by atoms with Crippen molar-refractivity contribution >= 4 is 5.91 Å². The van der Waals surface area contributed by atoms with Gasteiger partial charge in [-0.25, -0.2) is 4.98 Å². The molecular formula is C20H20N4O2. The van der Waals surface area contributed by atoms with Crippen LogP contribution in [-0.2, 0) is 19.4 Å². The summed E-state index contributed by atoms with van der Waals surface area (Å²) in [7, 11) is 0. The maximum Gasteiger partial charge on any atom is 0.274 e. The Bertz CT molecular complexity index is 940. The van der Waals surface area contributed by atoms with Crippen LogP contribution in [0, 0.1) is 0 Å². The van der Waals surface area contributed by atoms with Crippen LogP contribution in [0.5, 0.6) is 0 Å². The number of hydrogen-bond donors (Lipinski definition) is 1. The normalized spacial score (nSPS) is 16.5. The summed E-state index contributed by atoms with van der Waals surface area (Å²) >= 11 is 0. The molecule has 26 heavy (non-hydrogen) atoms. The summed E-state index contributed by atoms with van der Waals surface area (Å²) in [6.45, 7) is 1.12. The van der Waals surface area contributed by atoms with Crippen LogP contribution in [0.1, 0.15) is 57.9 Å². The van der Waals surface area contributed by atoms with Crippen molar-refractivity contribution in [3.63, 3.8) is 0 Å². The van der Waals surface area contributed by atoms with Crippen LogP contribution in [0.2, 0.25) is 0 Å². The Morgan fingerprint density at radius 2 is 2.12 bits per heavy atom. The van der Waals surface area contributed by atoms with E-state index < -0.39 is 0 Å². The highest BCUT2D eigenvalue weighted by molar-refractivity contribution is 5.92. The minimum Gasteiger partial charge on any atom is -0.445 e. The molecule has 1 aliphatic heterocycles. The van der Waals surface area contributed by atoms with Gasteiger partial charge in [0.2, 0.25) is 0 Å². The lowest BCUT2D eigenvalue weighted by atomic mass is 10.1. The highest BCUT2D eigenvalue weighted by Crippen LogP contribution is 2.39. The summed E-state index contributed by atoms with van der Waals surface area (Å²) in [5.41, 5.74) is 3.62. The zero-order chi connectivity index (χ0) is 17.5. The molecule has 0 unspecified atom stereocenters. The fourth-order valence-electron chi connectivity index (χ4n) is 3.48. The van der Waals surface area contributed by atoms with Gasteiger partial charge in [-0.15, -0.1) is 0 Å². The van der Waals surface area contributed by atoms with Crippen molar-refractivity contribution in [3.05, 3.63) is 70.7 Å². The Balaban J connectivity index is 1.30. The zero-order valence-corrected chi connectivity index (χ0v) is 14.4. The quantitative estimate of drug-likeness (QED) is 0.786. The van der Waals surface area contributed by atoms with Crippen molar-refractivity contribution in [2.24, 2.45) is 0 Å². The Morgan fingerprint density at radius 3 is 2.92 bits per heavy atom. The first-order valence-corrected chi connectivity index (χ1v) is 9.12. The maximum atomic E-state index is 12.7. The highest BCUT2D eigenvalue weighted by atomic mass is 16.4. The number of benzene rings is 1. The summed E-state index contributed by atoms with van der Waals surface area (Å²) in [5, 5.41) is 7.22. The molecule has 3 aromatic rings. The van der Waals surface area contributed by atoms with Crippen molar-refractivity contribution in [1.29, 1.82) is 0 Å². The van der Waals surface area contributed by atoms with Gasteiger partial charge in [0.1, 0.15) is 17.1 Å². The summed E-state index contributed by atoms with van der Waals surface area (Å²) in [6.07, 6.45) is 3.74. The summed E-state index contributed by atoms with van der Waals surface area (Å²) in [6, 6.07) is 12.1. The number of carbonyl (C=O) groups is 1. The van der Waals surface area contributed by atoms with E-state index in [0.717, 1.165) is 17.1 Å². The topological polar surface area (TPSA) is 75.0 Å². The number of oxazole rings is 1. The highest BCUT2D eigenvalue weighted by Gasteiger charge is 2.30. The van der Waals surface area contributed by atoms with E-state index in [9.17, 15) is 4.79 Å². The average Bonchev–Trinajstić information content (AvgIpc) is 3.26. The lowest BCUT2D eigenvalue weighted by molar-refractivity contribution is 0.0722. The van der Waals surface area contributed by atoms with Crippen LogP contribution in [0.25, 0.3) is 0 Å². The molecule has 132 valence electrons. The van der Waals surface area contributed by atoms with E-state index in [0.29, 0.717) is 43.4 Å². The molecule has 6 heteroatoms. The fraction of sp³-hybridized carbons (Fsp3) is 0.350. The van der Waals surface area contributed by atoms with Crippen LogP contribution in [-0.4, -0.2) is 32.5 Å². The molecule has 1 aromatic carbocycles. The molecule has 2 aromatic heterocycles. The Labute approximate surface area is 151 Å². The predicted octanol–water partition coefficient (Wildman–Crippen LogP) is 3.06. The van der Waals surface area contributed by atoms with E-state index in [2.05, 4.69) is 27.3 Å². The van der Waals surface area contributed by atoms with E-state index in [1.54, 1.807) is 0 Å². The first kappa shape index (κ1) is 15.4. The van der Waals surface area contributed by atoms with Gasteiger partial charge < -0.3 is 9.32 Å². The lowest BCUT2D eigenvalue weighted by Gasteiger charge is -2.24. The molecule has 0 saturated heterocycles. The second-order valence-corrected chi connectivity index (χ2v) is 7.10. The third-order valence-electron chi connectivity index (χ3n) is 5.09. The average molecular weight is 348 g/mol. The van der Waals surface area contributed by atoms with Crippen molar-refractivity contribution in [2.45, 2.75) is 38.1 Å². The van der Waals surface area contributed by atoms with Gasteiger partial charge >= 0.3 is 0 Å². The number of nitrogens with zero attached hydrogens (tertiary/aromatic N) is 3. The number of aromatic nitrogens is 3. The largest absolute Gasteiger partial charge is 0.445 e. The molecule has 2 aliphatic rings. The van der Waals surface area contributed by atoms with Gasteiger partial charge in [0.15, 0.2) is 5.89 Å². The van der Waals surface area contributed by atoms with Gasteiger partial charge in [-0.05, 0) is 24.5 Å². The predicted molar refractivity (Wildman–Crippen MR) is 94.8 cm³/mol. The number of fused-ring (bicyclic) bond motifs is 1. The molecular weight excluding hydrogens is 328 g/mol. The third-order valence-corrected chi connectivity index (χ3v) is 5.09. The first-order chi connectivity index (χ1) is 12.8. The second-order valence-electron chi connectivity index (χ2n) is 7.10. The number of rotatable bonds is 4. The Kier molecular flexibility index (Phi) is 3.62. The summed E-state index contributed by atoms with van der Waals surface area (Å²) < 4.78 is 5.92. The molecule has 1 amide bonds. The molecule has 3 heterocycles. The van der Waals surface area contributed by atoms with Crippen molar-refractivity contribution in [1.82, 2.24) is 20.1 Å². The molecule has 0 atom stereocenters. The van der Waals surface area contributed by atoms with Crippen molar-refractivity contribution in [3.8, 4) is 0 Å². The van der Waals surface area contributed by atoms with Gasteiger partial charge in [0.05, 0.1) is 6.54 Å². The number of hydrogen-bond acceptors (Lipinski definition) is 4. The third kappa shape index (κ3) is 2.92. The molecule has 1 N–H and O–H groups in total. The number of aromatic amines is 1. The second kappa shape index (κ2) is 6.12. The molecule has 5 rings (SSSR count). The number of amides is 1. The van der Waals surface area contributed by atoms with Crippen molar-refractivity contribution < 1.29 is 9.21 Å². The smallest absolute Gasteiger partial charge is 0.274 e. The molecule has 1 saturated carbocycles.